The summed E-state index contributed by atoms with van der Waals surface area (Å²) in [6.07, 6.45) is -3.07. The zero-order chi connectivity index (χ0) is 15.6. The number of hydrogen-bond donors (Lipinski definition) is 2. The van der Waals surface area contributed by atoms with Crippen LogP contribution < -0.4 is 5.32 Å². The molecule has 0 aliphatic carbocycles. The SMILES string of the molecule is O=C(O)c1ccc(C(F)(F)F)cc1NCc1cnc(Cl)s1. The summed E-state index contributed by atoms with van der Waals surface area (Å²) < 4.78 is 38.3. The molecule has 2 N–H and O–H groups in total. The van der Waals surface area contributed by atoms with Crippen LogP contribution >= 0.6 is 22.9 Å². The van der Waals surface area contributed by atoms with Crippen LogP contribution in [0.5, 0.6) is 0 Å². The number of carboxylic acids is 1. The Balaban J connectivity index is 2.28. The Kier molecular flexibility index (Phi) is 4.38. The van der Waals surface area contributed by atoms with Crippen LogP contribution in [0.4, 0.5) is 18.9 Å². The summed E-state index contributed by atoms with van der Waals surface area (Å²) in [4.78, 5) is 15.5. The number of hydrogen-bond acceptors (Lipinski definition) is 4. The smallest absolute Gasteiger partial charge is 0.416 e. The molecule has 0 radical (unpaired) electrons. The summed E-state index contributed by atoms with van der Waals surface area (Å²) in [5.74, 6) is -1.31. The second kappa shape index (κ2) is 5.90. The van der Waals surface area contributed by atoms with Crippen LogP contribution in [-0.4, -0.2) is 16.1 Å². The fourth-order valence-electron chi connectivity index (χ4n) is 1.60. The molecule has 21 heavy (non-hydrogen) atoms. The summed E-state index contributed by atoms with van der Waals surface area (Å²) in [5, 5.41) is 11.7. The predicted molar refractivity (Wildman–Crippen MR) is 72.9 cm³/mol. The summed E-state index contributed by atoms with van der Waals surface area (Å²) in [6, 6.07) is 2.43. The fraction of sp³-hybridized carbons (Fsp3) is 0.167. The van der Waals surface area contributed by atoms with Gasteiger partial charge in [0.15, 0.2) is 4.47 Å². The van der Waals surface area contributed by atoms with E-state index in [1.807, 2.05) is 0 Å². The van der Waals surface area contributed by atoms with Crippen molar-refractivity contribution in [3.63, 3.8) is 0 Å². The zero-order valence-corrected chi connectivity index (χ0v) is 11.8. The highest BCUT2D eigenvalue weighted by Gasteiger charge is 2.31. The van der Waals surface area contributed by atoms with Gasteiger partial charge in [-0.3, -0.25) is 0 Å². The van der Waals surface area contributed by atoms with Gasteiger partial charge in [0.25, 0.3) is 0 Å². The number of carboxylic acid groups (broad SMARTS) is 1. The largest absolute Gasteiger partial charge is 0.478 e. The molecule has 0 amide bonds. The van der Waals surface area contributed by atoms with E-state index >= 15 is 0 Å². The molecule has 0 fully saturated rings. The van der Waals surface area contributed by atoms with Gasteiger partial charge in [0.05, 0.1) is 17.7 Å². The first kappa shape index (κ1) is 15.6. The van der Waals surface area contributed by atoms with Crippen molar-refractivity contribution >= 4 is 34.6 Å². The highest BCUT2D eigenvalue weighted by molar-refractivity contribution is 7.15. The molecule has 0 aliphatic heterocycles. The second-order valence-corrected chi connectivity index (χ2v) is 5.69. The maximum absolute atomic E-state index is 12.7. The minimum Gasteiger partial charge on any atom is -0.478 e. The van der Waals surface area contributed by atoms with Gasteiger partial charge in [-0.05, 0) is 18.2 Å². The van der Waals surface area contributed by atoms with Crippen molar-refractivity contribution in [1.82, 2.24) is 4.98 Å². The Morgan fingerprint density at radius 3 is 2.67 bits per heavy atom. The van der Waals surface area contributed by atoms with Gasteiger partial charge in [0, 0.05) is 16.8 Å². The molecule has 0 saturated heterocycles. The molecule has 0 aliphatic rings. The first-order valence-corrected chi connectivity index (χ1v) is 6.75. The number of halogens is 4. The van der Waals surface area contributed by atoms with E-state index in [0.29, 0.717) is 9.34 Å². The molecular weight excluding hydrogens is 329 g/mol. The molecule has 0 saturated carbocycles. The summed E-state index contributed by atoms with van der Waals surface area (Å²) in [5.41, 5.74) is -1.27. The average Bonchev–Trinajstić information content (AvgIpc) is 2.80. The Hall–Kier alpha value is -1.80. The maximum Gasteiger partial charge on any atom is 0.416 e. The fourth-order valence-corrected chi connectivity index (χ4v) is 2.52. The average molecular weight is 337 g/mol. The van der Waals surface area contributed by atoms with E-state index in [-0.39, 0.29) is 17.8 Å². The van der Waals surface area contributed by atoms with Gasteiger partial charge in [0.1, 0.15) is 0 Å². The highest BCUT2D eigenvalue weighted by atomic mass is 35.5. The molecule has 2 aromatic rings. The predicted octanol–water partition coefficient (Wildman–Crippen LogP) is 4.13. The van der Waals surface area contributed by atoms with Crippen molar-refractivity contribution in [3.05, 3.63) is 44.9 Å². The van der Waals surface area contributed by atoms with Crippen LogP contribution in [0.1, 0.15) is 20.8 Å². The van der Waals surface area contributed by atoms with Crippen LogP contribution in [0.25, 0.3) is 0 Å². The lowest BCUT2D eigenvalue weighted by molar-refractivity contribution is -0.137. The van der Waals surface area contributed by atoms with Crippen LogP contribution in [0.2, 0.25) is 4.47 Å². The molecule has 1 aromatic heterocycles. The first-order valence-electron chi connectivity index (χ1n) is 5.56. The third-order valence-corrected chi connectivity index (χ3v) is 3.67. The van der Waals surface area contributed by atoms with Crippen molar-refractivity contribution in [3.8, 4) is 0 Å². The molecule has 1 heterocycles. The molecule has 112 valence electrons. The van der Waals surface area contributed by atoms with E-state index in [9.17, 15) is 18.0 Å². The van der Waals surface area contributed by atoms with Gasteiger partial charge in [0.2, 0.25) is 0 Å². The van der Waals surface area contributed by atoms with Gasteiger partial charge >= 0.3 is 12.1 Å². The minimum absolute atomic E-state index is 0.109. The molecule has 0 unspecified atom stereocenters. The van der Waals surface area contributed by atoms with Crippen molar-refractivity contribution < 1.29 is 23.1 Å². The number of benzene rings is 1. The summed E-state index contributed by atoms with van der Waals surface area (Å²) in [6.45, 7) is 0.131. The minimum atomic E-state index is -4.54. The standard InChI is InChI=1S/C12H8ClF3N2O2S/c13-11-18-5-7(21-11)4-17-9-3-6(12(14,15)16)1-2-8(9)10(19)20/h1-3,5,17H,4H2,(H,19,20). The quantitative estimate of drug-likeness (QED) is 0.881. The number of aromatic nitrogens is 1. The third-order valence-electron chi connectivity index (χ3n) is 2.56. The van der Waals surface area contributed by atoms with Crippen molar-refractivity contribution in [2.45, 2.75) is 12.7 Å². The molecule has 2 rings (SSSR count). The van der Waals surface area contributed by atoms with Gasteiger partial charge in [-0.1, -0.05) is 11.6 Å². The lowest BCUT2D eigenvalue weighted by Crippen LogP contribution is -2.10. The normalized spacial score (nSPS) is 11.4. The molecule has 9 heteroatoms. The van der Waals surface area contributed by atoms with Gasteiger partial charge in [-0.25, -0.2) is 9.78 Å². The number of carbonyl (C=O) groups is 1. The number of alkyl halides is 3. The molecule has 1 aromatic carbocycles. The van der Waals surface area contributed by atoms with E-state index in [1.54, 1.807) is 0 Å². The number of anilines is 1. The maximum atomic E-state index is 12.7. The monoisotopic (exact) mass is 336 g/mol. The van der Waals surface area contributed by atoms with E-state index in [2.05, 4.69) is 10.3 Å². The Morgan fingerprint density at radius 1 is 1.43 bits per heavy atom. The lowest BCUT2D eigenvalue weighted by Gasteiger charge is -2.12. The van der Waals surface area contributed by atoms with Crippen LogP contribution in [0.15, 0.2) is 24.4 Å². The third kappa shape index (κ3) is 3.85. The Morgan fingerprint density at radius 2 is 2.14 bits per heavy atom. The number of nitrogens with zero attached hydrogens (tertiary/aromatic N) is 1. The van der Waals surface area contributed by atoms with Crippen LogP contribution in [0.3, 0.4) is 0 Å². The molecular formula is C12H8ClF3N2O2S. The summed E-state index contributed by atoms with van der Waals surface area (Å²) in [7, 11) is 0. The molecule has 0 spiro atoms. The van der Waals surface area contributed by atoms with Crippen LogP contribution in [0, 0.1) is 0 Å². The highest BCUT2D eigenvalue weighted by Crippen LogP contribution is 2.32. The van der Waals surface area contributed by atoms with Crippen molar-refractivity contribution in [1.29, 1.82) is 0 Å². The van der Waals surface area contributed by atoms with E-state index < -0.39 is 17.7 Å². The van der Waals surface area contributed by atoms with Gasteiger partial charge < -0.3 is 10.4 Å². The Labute approximate surface area is 126 Å². The molecule has 4 nitrogen and oxygen atoms in total. The lowest BCUT2D eigenvalue weighted by atomic mass is 10.1. The number of nitrogens with one attached hydrogen (secondary N) is 1. The van der Waals surface area contributed by atoms with Gasteiger partial charge in [-0.2, -0.15) is 13.2 Å². The first-order chi connectivity index (χ1) is 9.77. The van der Waals surface area contributed by atoms with Gasteiger partial charge in [-0.15, -0.1) is 11.3 Å². The number of thiazole rings is 1. The van der Waals surface area contributed by atoms with E-state index in [4.69, 9.17) is 16.7 Å². The van der Waals surface area contributed by atoms with Crippen molar-refractivity contribution in [2.75, 3.05) is 5.32 Å². The van der Waals surface area contributed by atoms with Crippen LogP contribution in [-0.2, 0) is 12.7 Å². The topological polar surface area (TPSA) is 62.2 Å². The number of aromatic carboxylic acids is 1. The zero-order valence-electron chi connectivity index (χ0n) is 10.2. The van der Waals surface area contributed by atoms with Crippen molar-refractivity contribution in [2.24, 2.45) is 0 Å². The molecule has 0 bridgehead atoms. The summed E-state index contributed by atoms with van der Waals surface area (Å²) >= 11 is 6.80. The second-order valence-electron chi connectivity index (χ2n) is 4.00. The van der Waals surface area contributed by atoms with E-state index in [1.165, 1.54) is 6.20 Å². The number of rotatable bonds is 4. The molecule has 0 atom stereocenters. The Bertz CT molecular complexity index is 673. The van der Waals surface area contributed by atoms with E-state index in [0.717, 1.165) is 29.5 Å².